The lowest BCUT2D eigenvalue weighted by Gasteiger charge is -2.26. The minimum absolute atomic E-state index is 0.135. The first-order valence-electron chi connectivity index (χ1n) is 8.42. The van der Waals surface area contributed by atoms with Crippen LogP contribution in [-0.2, 0) is 13.0 Å². The van der Waals surface area contributed by atoms with Crippen molar-refractivity contribution in [2.24, 2.45) is 0 Å². The molecule has 0 bridgehead atoms. The third-order valence-electron chi connectivity index (χ3n) is 4.30. The number of aliphatic hydroxyl groups is 1. The van der Waals surface area contributed by atoms with E-state index < -0.39 is 0 Å². The van der Waals surface area contributed by atoms with Crippen LogP contribution < -0.4 is 5.32 Å². The third-order valence-corrected chi connectivity index (χ3v) is 5.13. The second kappa shape index (κ2) is 8.37. The summed E-state index contributed by atoms with van der Waals surface area (Å²) in [5.74, 6) is -0.244. The minimum atomic E-state index is -0.244. The molecule has 24 heavy (non-hydrogen) atoms. The van der Waals surface area contributed by atoms with Crippen LogP contribution in [-0.4, -0.2) is 40.5 Å². The Bertz CT molecular complexity index is 663. The van der Waals surface area contributed by atoms with Crippen LogP contribution in [0.1, 0.15) is 40.3 Å². The minimum Gasteiger partial charge on any atom is -0.389 e. The van der Waals surface area contributed by atoms with Crippen LogP contribution in [0.15, 0.2) is 29.6 Å². The number of nitrogens with one attached hydrogen (secondary N) is 1. The van der Waals surface area contributed by atoms with E-state index in [0.717, 1.165) is 18.7 Å². The van der Waals surface area contributed by atoms with Gasteiger partial charge >= 0.3 is 0 Å². The van der Waals surface area contributed by atoms with Gasteiger partial charge in [0, 0.05) is 17.6 Å². The van der Waals surface area contributed by atoms with E-state index in [1.54, 1.807) is 5.38 Å². The number of amides is 1. The molecule has 0 radical (unpaired) electrons. The fourth-order valence-corrected chi connectivity index (χ4v) is 3.54. The predicted molar refractivity (Wildman–Crippen MR) is 96.4 cm³/mol. The highest BCUT2D eigenvalue weighted by molar-refractivity contribution is 7.09. The number of aliphatic hydroxyl groups excluding tert-OH is 1. The van der Waals surface area contributed by atoms with Gasteiger partial charge < -0.3 is 15.3 Å². The largest absolute Gasteiger partial charge is 0.389 e. The van der Waals surface area contributed by atoms with Gasteiger partial charge in [-0.2, -0.15) is 0 Å². The smallest absolute Gasteiger partial charge is 0.275 e. The molecule has 1 aromatic heterocycles. The zero-order chi connectivity index (χ0) is 16.8. The average Bonchev–Trinajstić information content (AvgIpc) is 3.11. The van der Waals surface area contributed by atoms with Crippen LogP contribution in [0, 0.1) is 0 Å². The number of carbonyl (C=O) groups is 1. The van der Waals surface area contributed by atoms with Crippen LogP contribution in [0.25, 0.3) is 0 Å². The number of benzene rings is 1. The van der Waals surface area contributed by atoms with Crippen molar-refractivity contribution in [2.45, 2.75) is 32.3 Å². The van der Waals surface area contributed by atoms with Crippen LogP contribution in [0.5, 0.6) is 0 Å². The number of rotatable bonds is 6. The molecule has 0 atom stereocenters. The molecule has 3 rings (SSSR count). The van der Waals surface area contributed by atoms with Crippen molar-refractivity contribution in [2.75, 3.05) is 25.0 Å². The van der Waals surface area contributed by atoms with E-state index in [2.05, 4.69) is 27.3 Å². The molecule has 1 saturated heterocycles. The summed E-state index contributed by atoms with van der Waals surface area (Å²) >= 11 is 1.28. The van der Waals surface area contributed by atoms with E-state index in [4.69, 9.17) is 5.11 Å². The fraction of sp³-hybridized carbons (Fsp3) is 0.444. The lowest BCUT2D eigenvalue weighted by atomic mass is 10.1. The van der Waals surface area contributed by atoms with Crippen molar-refractivity contribution < 1.29 is 9.90 Å². The summed E-state index contributed by atoms with van der Waals surface area (Å²) in [6, 6.07) is 8.00. The molecule has 2 aromatic rings. The van der Waals surface area contributed by atoms with Crippen molar-refractivity contribution >= 4 is 22.9 Å². The van der Waals surface area contributed by atoms with Gasteiger partial charge in [0.2, 0.25) is 0 Å². The maximum atomic E-state index is 12.1. The molecular weight excluding hydrogens is 322 g/mol. The highest BCUT2D eigenvalue weighted by Gasteiger charge is 2.11. The van der Waals surface area contributed by atoms with E-state index in [1.165, 1.54) is 49.3 Å². The van der Waals surface area contributed by atoms with Gasteiger partial charge in [0.25, 0.3) is 5.91 Å². The number of anilines is 1. The molecular formula is C18H23N3O2S. The number of nitrogens with zero attached hydrogens (tertiary/aromatic N) is 2. The van der Waals surface area contributed by atoms with Crippen LogP contribution in [0.3, 0.4) is 0 Å². The molecule has 1 amide bonds. The summed E-state index contributed by atoms with van der Waals surface area (Å²) in [6.07, 6.45) is 5.04. The Morgan fingerprint density at radius 3 is 2.62 bits per heavy atom. The standard InChI is InChI=1S/C18H23N3O2S/c22-12-17-20-16(13-24-17)18(23)19-15-6-4-14(5-7-15)8-11-21-9-2-1-3-10-21/h4-7,13,22H,1-3,8-12H2,(H,19,23). The molecule has 1 fully saturated rings. The van der Waals surface area contributed by atoms with Gasteiger partial charge in [-0.1, -0.05) is 18.6 Å². The van der Waals surface area contributed by atoms with Gasteiger partial charge in [-0.05, 0) is 50.0 Å². The molecule has 6 heteroatoms. The lowest BCUT2D eigenvalue weighted by Crippen LogP contribution is -2.31. The fourth-order valence-electron chi connectivity index (χ4n) is 2.91. The Morgan fingerprint density at radius 1 is 1.21 bits per heavy atom. The predicted octanol–water partition coefficient (Wildman–Crippen LogP) is 2.92. The number of aromatic nitrogens is 1. The average molecular weight is 345 g/mol. The van der Waals surface area contributed by atoms with Crippen molar-refractivity contribution in [1.82, 2.24) is 9.88 Å². The number of thiazole rings is 1. The zero-order valence-electron chi connectivity index (χ0n) is 13.7. The third kappa shape index (κ3) is 4.63. The first kappa shape index (κ1) is 17.1. The van der Waals surface area contributed by atoms with Crippen molar-refractivity contribution in [1.29, 1.82) is 0 Å². The summed E-state index contributed by atoms with van der Waals surface area (Å²) < 4.78 is 0. The number of hydrogen-bond acceptors (Lipinski definition) is 5. The van der Waals surface area contributed by atoms with E-state index in [0.29, 0.717) is 10.7 Å². The van der Waals surface area contributed by atoms with Crippen LogP contribution in [0.2, 0.25) is 0 Å². The highest BCUT2D eigenvalue weighted by Crippen LogP contribution is 2.15. The van der Waals surface area contributed by atoms with Gasteiger partial charge in [0.15, 0.2) is 0 Å². The van der Waals surface area contributed by atoms with E-state index >= 15 is 0 Å². The van der Waals surface area contributed by atoms with Gasteiger partial charge in [-0.15, -0.1) is 11.3 Å². The Kier molecular flexibility index (Phi) is 5.96. The van der Waals surface area contributed by atoms with Gasteiger partial charge in [0.1, 0.15) is 10.7 Å². The second-order valence-corrected chi connectivity index (χ2v) is 7.03. The van der Waals surface area contributed by atoms with Gasteiger partial charge in [0.05, 0.1) is 6.61 Å². The molecule has 0 aliphatic carbocycles. The Labute approximate surface area is 146 Å². The highest BCUT2D eigenvalue weighted by atomic mass is 32.1. The summed E-state index contributed by atoms with van der Waals surface area (Å²) in [7, 11) is 0. The van der Waals surface area contributed by atoms with Crippen molar-refractivity contribution in [3.63, 3.8) is 0 Å². The zero-order valence-corrected chi connectivity index (χ0v) is 14.5. The van der Waals surface area contributed by atoms with Crippen LogP contribution in [0.4, 0.5) is 5.69 Å². The summed E-state index contributed by atoms with van der Waals surface area (Å²) in [6.45, 7) is 3.41. The summed E-state index contributed by atoms with van der Waals surface area (Å²) in [5, 5.41) is 14.1. The Balaban J connectivity index is 1.51. The van der Waals surface area contributed by atoms with Crippen LogP contribution >= 0.6 is 11.3 Å². The molecule has 128 valence electrons. The molecule has 2 N–H and O–H groups in total. The summed E-state index contributed by atoms with van der Waals surface area (Å²) in [5.41, 5.74) is 2.40. The van der Waals surface area contributed by atoms with Gasteiger partial charge in [-0.3, -0.25) is 4.79 Å². The maximum absolute atomic E-state index is 12.1. The topological polar surface area (TPSA) is 65.5 Å². The molecule has 1 aliphatic rings. The summed E-state index contributed by atoms with van der Waals surface area (Å²) in [4.78, 5) is 18.7. The van der Waals surface area contributed by atoms with E-state index in [1.807, 2.05) is 12.1 Å². The first-order chi connectivity index (χ1) is 11.7. The molecule has 0 unspecified atom stereocenters. The van der Waals surface area contributed by atoms with E-state index in [9.17, 15) is 4.79 Å². The molecule has 1 aliphatic heterocycles. The lowest BCUT2D eigenvalue weighted by molar-refractivity contribution is 0.102. The molecule has 1 aromatic carbocycles. The number of carbonyl (C=O) groups excluding carboxylic acids is 1. The number of hydrogen-bond donors (Lipinski definition) is 2. The molecule has 0 spiro atoms. The number of likely N-dealkylation sites (tertiary alicyclic amines) is 1. The maximum Gasteiger partial charge on any atom is 0.275 e. The Hall–Kier alpha value is -1.76. The second-order valence-electron chi connectivity index (χ2n) is 6.09. The number of piperidine rings is 1. The van der Waals surface area contributed by atoms with Gasteiger partial charge in [-0.25, -0.2) is 4.98 Å². The van der Waals surface area contributed by atoms with Crippen molar-refractivity contribution in [3.05, 3.63) is 45.9 Å². The molecule has 0 saturated carbocycles. The quantitative estimate of drug-likeness (QED) is 0.845. The van der Waals surface area contributed by atoms with E-state index in [-0.39, 0.29) is 12.5 Å². The van der Waals surface area contributed by atoms with Crippen molar-refractivity contribution in [3.8, 4) is 0 Å². The molecule has 5 nitrogen and oxygen atoms in total. The SMILES string of the molecule is O=C(Nc1ccc(CCN2CCCCC2)cc1)c1csc(CO)n1. The first-order valence-corrected chi connectivity index (χ1v) is 9.30. The Morgan fingerprint density at radius 2 is 1.96 bits per heavy atom. The monoisotopic (exact) mass is 345 g/mol. The molecule has 2 heterocycles. The normalized spacial score (nSPS) is 15.4.